The first kappa shape index (κ1) is 23.3. The van der Waals surface area contributed by atoms with Gasteiger partial charge in [0.25, 0.3) is 5.56 Å². The van der Waals surface area contributed by atoms with Gasteiger partial charge in [-0.2, -0.15) is 0 Å². The van der Waals surface area contributed by atoms with Crippen LogP contribution in [0.15, 0.2) is 64.3 Å². The zero-order chi connectivity index (χ0) is 23.3. The molecule has 0 spiro atoms. The van der Waals surface area contributed by atoms with E-state index in [9.17, 15) is 18.0 Å². The zero-order valence-electron chi connectivity index (χ0n) is 18.2. The van der Waals surface area contributed by atoms with Crippen molar-refractivity contribution < 1.29 is 17.9 Å². The number of aromatic nitrogens is 2. The van der Waals surface area contributed by atoms with E-state index in [-0.39, 0.29) is 29.1 Å². The summed E-state index contributed by atoms with van der Waals surface area (Å²) < 4.78 is 35.6. The van der Waals surface area contributed by atoms with E-state index in [0.29, 0.717) is 23.7 Å². The molecule has 0 aliphatic carbocycles. The maximum atomic E-state index is 12.8. The smallest absolute Gasteiger partial charge is 0.295 e. The number of anilines is 1. The molecule has 9 nitrogen and oxygen atoms in total. The lowest BCUT2D eigenvalue weighted by molar-refractivity contribution is -0.116. The Morgan fingerprint density at radius 1 is 1.06 bits per heavy atom. The molecule has 0 bridgehead atoms. The van der Waals surface area contributed by atoms with Gasteiger partial charge in [0.05, 0.1) is 22.9 Å². The fourth-order valence-corrected chi connectivity index (χ4v) is 4.21. The first-order chi connectivity index (χ1) is 15.2. The second-order valence-electron chi connectivity index (χ2n) is 7.04. The van der Waals surface area contributed by atoms with Gasteiger partial charge in [-0.1, -0.05) is 18.2 Å². The number of nitrogens with zero attached hydrogens (tertiary/aromatic N) is 2. The van der Waals surface area contributed by atoms with Crippen LogP contribution >= 0.6 is 0 Å². The summed E-state index contributed by atoms with van der Waals surface area (Å²) in [6, 6.07) is 15.1. The van der Waals surface area contributed by atoms with Gasteiger partial charge in [0.15, 0.2) is 0 Å². The van der Waals surface area contributed by atoms with Gasteiger partial charge in [0, 0.05) is 20.0 Å². The summed E-state index contributed by atoms with van der Waals surface area (Å²) in [5.41, 5.74) is 1.06. The fraction of sp³-hybridized carbons (Fsp3) is 0.273. The van der Waals surface area contributed by atoms with Crippen LogP contribution < -0.4 is 20.3 Å². The highest BCUT2D eigenvalue weighted by Crippen LogP contribution is 2.16. The van der Waals surface area contributed by atoms with Crippen molar-refractivity contribution in [1.29, 1.82) is 0 Å². The van der Waals surface area contributed by atoms with E-state index in [2.05, 4.69) is 10.0 Å². The molecule has 0 aliphatic rings. The van der Waals surface area contributed by atoms with Crippen LogP contribution in [0.2, 0.25) is 0 Å². The topological polar surface area (TPSA) is 111 Å². The van der Waals surface area contributed by atoms with Crippen LogP contribution in [0.5, 0.6) is 5.75 Å². The molecule has 0 unspecified atom stereocenters. The highest BCUT2D eigenvalue weighted by Gasteiger charge is 2.19. The Bertz CT molecular complexity index is 1250. The molecule has 2 aromatic carbocycles. The Morgan fingerprint density at radius 2 is 1.72 bits per heavy atom. The number of ether oxygens (including phenoxy) is 1. The number of nitrogens with one attached hydrogen (secondary N) is 2. The molecule has 2 N–H and O–H groups in total. The third-order valence-corrected chi connectivity index (χ3v) is 6.38. The Morgan fingerprint density at radius 3 is 2.34 bits per heavy atom. The van der Waals surface area contributed by atoms with Crippen LogP contribution in [0.25, 0.3) is 5.69 Å². The van der Waals surface area contributed by atoms with Gasteiger partial charge in [-0.3, -0.25) is 14.3 Å². The predicted molar refractivity (Wildman–Crippen MR) is 122 cm³/mol. The molecule has 0 saturated heterocycles. The van der Waals surface area contributed by atoms with E-state index in [1.807, 2.05) is 25.1 Å². The monoisotopic (exact) mass is 458 g/mol. The second-order valence-corrected chi connectivity index (χ2v) is 8.80. The predicted octanol–water partition coefficient (Wildman–Crippen LogP) is 2.19. The third kappa shape index (κ3) is 5.09. The highest BCUT2D eigenvalue weighted by molar-refractivity contribution is 7.89. The average Bonchev–Trinajstić information content (AvgIpc) is 2.98. The molecule has 1 heterocycles. The highest BCUT2D eigenvalue weighted by atomic mass is 32.2. The van der Waals surface area contributed by atoms with E-state index < -0.39 is 15.9 Å². The van der Waals surface area contributed by atoms with Gasteiger partial charge in [0.2, 0.25) is 15.9 Å². The summed E-state index contributed by atoms with van der Waals surface area (Å²) in [5, 5.41) is 2.61. The number of hydrogen-bond donors (Lipinski definition) is 2. The van der Waals surface area contributed by atoms with Gasteiger partial charge in [-0.05, 0) is 50.2 Å². The number of carbonyl (C=O) groups is 1. The van der Waals surface area contributed by atoms with E-state index in [4.69, 9.17) is 4.74 Å². The number of sulfonamides is 1. The summed E-state index contributed by atoms with van der Waals surface area (Å²) in [6.07, 6.45) is -0.130. The van der Waals surface area contributed by atoms with Crippen molar-refractivity contribution >= 4 is 21.6 Å². The van der Waals surface area contributed by atoms with Crippen molar-refractivity contribution in [2.24, 2.45) is 7.05 Å². The van der Waals surface area contributed by atoms with E-state index in [1.54, 1.807) is 42.9 Å². The number of benzene rings is 2. The molecular formula is C22H26N4O5S. The average molecular weight is 459 g/mol. The number of para-hydroxylation sites is 1. The molecule has 32 heavy (non-hydrogen) atoms. The van der Waals surface area contributed by atoms with Crippen LogP contribution in [0.3, 0.4) is 0 Å². The number of rotatable bonds is 9. The minimum Gasteiger partial charge on any atom is -0.494 e. The van der Waals surface area contributed by atoms with Crippen LogP contribution in [-0.4, -0.2) is 36.8 Å². The van der Waals surface area contributed by atoms with Gasteiger partial charge in [-0.15, -0.1) is 0 Å². The normalized spacial score (nSPS) is 11.3. The maximum absolute atomic E-state index is 12.8. The molecule has 3 rings (SSSR count). The van der Waals surface area contributed by atoms with Crippen LogP contribution in [-0.2, 0) is 21.9 Å². The Hall–Kier alpha value is -3.37. The molecule has 0 aliphatic heterocycles. The molecule has 0 fully saturated rings. The quantitative estimate of drug-likeness (QED) is 0.511. The van der Waals surface area contributed by atoms with Gasteiger partial charge in [-0.25, -0.2) is 17.8 Å². The van der Waals surface area contributed by atoms with Crippen molar-refractivity contribution in [3.63, 3.8) is 0 Å². The number of hydrogen-bond acceptors (Lipinski definition) is 5. The molecule has 10 heteroatoms. The third-order valence-electron chi connectivity index (χ3n) is 4.91. The lowest BCUT2D eigenvalue weighted by atomic mass is 10.3. The Balaban J connectivity index is 1.64. The van der Waals surface area contributed by atoms with Gasteiger partial charge in [0.1, 0.15) is 11.4 Å². The first-order valence-electron chi connectivity index (χ1n) is 10.1. The van der Waals surface area contributed by atoms with Crippen molar-refractivity contribution in [2.45, 2.75) is 25.2 Å². The van der Waals surface area contributed by atoms with Crippen molar-refractivity contribution in [2.75, 3.05) is 18.5 Å². The molecule has 1 amide bonds. The van der Waals surface area contributed by atoms with Crippen molar-refractivity contribution in [1.82, 2.24) is 14.1 Å². The maximum Gasteiger partial charge on any atom is 0.295 e. The summed E-state index contributed by atoms with van der Waals surface area (Å²) in [6.45, 7) is 3.94. The summed E-state index contributed by atoms with van der Waals surface area (Å²) in [5.74, 6) is 0.107. The SMILES string of the molecule is CCOc1ccc(S(=O)(=O)NCCC(=O)Nc2c(C)n(C)n(-c3ccccc3)c2=O)cc1. The zero-order valence-corrected chi connectivity index (χ0v) is 19.0. The summed E-state index contributed by atoms with van der Waals surface area (Å²) >= 11 is 0. The molecule has 0 atom stereocenters. The lowest BCUT2D eigenvalue weighted by Gasteiger charge is -2.08. The van der Waals surface area contributed by atoms with Crippen molar-refractivity contribution in [3.8, 4) is 11.4 Å². The second kappa shape index (κ2) is 9.84. The molecule has 0 radical (unpaired) electrons. The number of amides is 1. The van der Waals surface area contributed by atoms with Gasteiger partial charge < -0.3 is 10.1 Å². The first-order valence-corrected chi connectivity index (χ1v) is 11.6. The number of carbonyl (C=O) groups excluding carboxylic acids is 1. The minimum absolute atomic E-state index is 0.0750. The summed E-state index contributed by atoms with van der Waals surface area (Å²) in [4.78, 5) is 25.3. The molecule has 0 saturated carbocycles. The largest absolute Gasteiger partial charge is 0.494 e. The van der Waals surface area contributed by atoms with Crippen LogP contribution in [0.1, 0.15) is 19.0 Å². The van der Waals surface area contributed by atoms with Crippen LogP contribution in [0.4, 0.5) is 5.69 Å². The Kier molecular flexibility index (Phi) is 7.16. The van der Waals surface area contributed by atoms with E-state index >= 15 is 0 Å². The molecule has 170 valence electrons. The van der Waals surface area contributed by atoms with E-state index in [1.165, 1.54) is 16.8 Å². The van der Waals surface area contributed by atoms with E-state index in [0.717, 1.165) is 0 Å². The van der Waals surface area contributed by atoms with Crippen molar-refractivity contribution in [3.05, 3.63) is 70.6 Å². The fourth-order valence-electron chi connectivity index (χ4n) is 3.18. The minimum atomic E-state index is -3.77. The summed E-state index contributed by atoms with van der Waals surface area (Å²) in [7, 11) is -2.04. The Labute approximate surface area is 186 Å². The molecule has 3 aromatic rings. The van der Waals surface area contributed by atoms with Gasteiger partial charge >= 0.3 is 0 Å². The standard InChI is InChI=1S/C22H26N4O5S/c1-4-31-18-10-12-19(13-11-18)32(29,30)23-15-14-20(27)24-21-16(2)25(3)26(22(21)28)17-8-6-5-7-9-17/h5-13,23H,4,14-15H2,1-3H3,(H,24,27). The molecular weight excluding hydrogens is 432 g/mol. The molecule has 1 aromatic heterocycles. The lowest BCUT2D eigenvalue weighted by Crippen LogP contribution is -2.29. The van der Waals surface area contributed by atoms with Crippen LogP contribution in [0, 0.1) is 6.92 Å².